The third kappa shape index (κ3) is 1.04. The van der Waals surface area contributed by atoms with Gasteiger partial charge in [-0.1, -0.05) is 6.07 Å². The number of halogens is 1. The monoisotopic (exact) mass is 193 g/mol. The predicted molar refractivity (Wildman–Crippen MR) is 48.6 cm³/mol. The molecule has 0 aromatic heterocycles. The van der Waals surface area contributed by atoms with Gasteiger partial charge in [0.15, 0.2) is 0 Å². The Balaban J connectivity index is 2.61. The zero-order valence-corrected chi connectivity index (χ0v) is 7.53. The van der Waals surface area contributed by atoms with Crippen molar-refractivity contribution in [2.24, 2.45) is 0 Å². The fourth-order valence-corrected chi connectivity index (χ4v) is 1.66. The van der Waals surface area contributed by atoms with Crippen LogP contribution in [0.3, 0.4) is 0 Å². The molecule has 1 aliphatic rings. The Kier molecular flexibility index (Phi) is 1.84. The number of hydrogen-bond acceptors (Lipinski definition) is 2. The molecule has 1 aromatic rings. The molecule has 1 heterocycles. The van der Waals surface area contributed by atoms with Crippen molar-refractivity contribution in [3.8, 4) is 0 Å². The second kappa shape index (κ2) is 2.90. The van der Waals surface area contributed by atoms with Crippen molar-refractivity contribution in [3.63, 3.8) is 0 Å². The summed E-state index contributed by atoms with van der Waals surface area (Å²) in [4.78, 5) is 23.4. The van der Waals surface area contributed by atoms with E-state index in [9.17, 15) is 14.0 Å². The molecule has 0 saturated heterocycles. The maximum atomic E-state index is 12.9. The maximum absolute atomic E-state index is 12.9. The third-order valence-corrected chi connectivity index (χ3v) is 2.42. The Hall–Kier alpha value is -1.71. The van der Waals surface area contributed by atoms with Gasteiger partial charge in [-0.15, -0.1) is 0 Å². The fraction of sp³-hybridized carbons (Fsp3) is 0.200. The van der Waals surface area contributed by atoms with Crippen molar-refractivity contribution >= 4 is 17.9 Å². The third-order valence-electron chi connectivity index (χ3n) is 2.42. The molecule has 0 spiro atoms. The molecule has 1 amide bonds. The Morgan fingerprint density at radius 2 is 2.21 bits per heavy atom. The Morgan fingerprint density at radius 3 is 2.86 bits per heavy atom. The highest BCUT2D eigenvalue weighted by molar-refractivity contribution is 6.12. The van der Waals surface area contributed by atoms with Crippen LogP contribution in [0, 0.1) is 5.82 Å². The van der Waals surface area contributed by atoms with Gasteiger partial charge < -0.3 is 9.69 Å². The topological polar surface area (TPSA) is 37.4 Å². The van der Waals surface area contributed by atoms with Gasteiger partial charge in [-0.3, -0.25) is 4.79 Å². The first kappa shape index (κ1) is 8.87. The second-order valence-electron chi connectivity index (χ2n) is 3.21. The van der Waals surface area contributed by atoms with E-state index < -0.39 is 11.7 Å². The summed E-state index contributed by atoms with van der Waals surface area (Å²) in [7, 11) is 1.53. The molecule has 1 unspecified atom stereocenters. The highest BCUT2D eigenvalue weighted by atomic mass is 19.1. The van der Waals surface area contributed by atoms with Crippen LogP contribution in [0.2, 0.25) is 0 Å². The summed E-state index contributed by atoms with van der Waals surface area (Å²) in [6.07, 6.45) is 0.586. The molecule has 4 heteroatoms. The van der Waals surface area contributed by atoms with E-state index in [0.717, 1.165) is 0 Å². The van der Waals surface area contributed by atoms with Gasteiger partial charge in [-0.25, -0.2) is 4.39 Å². The summed E-state index contributed by atoms with van der Waals surface area (Å²) in [5, 5.41) is 0. The van der Waals surface area contributed by atoms with Crippen molar-refractivity contribution in [2.75, 3.05) is 11.9 Å². The van der Waals surface area contributed by atoms with Crippen molar-refractivity contribution in [1.82, 2.24) is 0 Å². The highest BCUT2D eigenvalue weighted by Gasteiger charge is 2.34. The van der Waals surface area contributed by atoms with E-state index in [1.807, 2.05) is 0 Å². The Morgan fingerprint density at radius 1 is 1.50 bits per heavy atom. The largest absolute Gasteiger partial charge is 0.314 e. The van der Waals surface area contributed by atoms with Gasteiger partial charge in [-0.05, 0) is 17.7 Å². The van der Waals surface area contributed by atoms with Gasteiger partial charge in [0.25, 0.3) is 0 Å². The minimum absolute atomic E-state index is 0.305. The van der Waals surface area contributed by atoms with Crippen LogP contribution in [0.5, 0.6) is 0 Å². The molecule has 1 aromatic carbocycles. The Labute approximate surface area is 80.1 Å². The van der Waals surface area contributed by atoms with Crippen molar-refractivity contribution in [2.45, 2.75) is 5.92 Å². The molecule has 1 aliphatic heterocycles. The molecule has 72 valence electrons. The number of carbonyl (C=O) groups excluding carboxylic acids is 2. The van der Waals surface area contributed by atoms with Gasteiger partial charge in [-0.2, -0.15) is 0 Å². The summed E-state index contributed by atoms with van der Waals surface area (Å²) >= 11 is 0. The standard InChI is InChI=1S/C10H8FNO2/c1-12-9-4-6(11)2-3-7(9)8(5-13)10(12)14/h2-5,8H,1H3. The lowest BCUT2D eigenvalue weighted by Crippen LogP contribution is -2.24. The number of anilines is 1. The molecule has 14 heavy (non-hydrogen) atoms. The van der Waals surface area contributed by atoms with E-state index in [-0.39, 0.29) is 5.91 Å². The zero-order chi connectivity index (χ0) is 10.3. The number of carbonyl (C=O) groups is 2. The van der Waals surface area contributed by atoms with E-state index in [0.29, 0.717) is 17.5 Å². The number of nitrogens with zero attached hydrogens (tertiary/aromatic N) is 1. The summed E-state index contributed by atoms with van der Waals surface area (Å²) in [5.74, 6) is -1.48. The van der Waals surface area contributed by atoms with Crippen LogP contribution in [-0.2, 0) is 9.59 Å². The van der Waals surface area contributed by atoms with Crippen LogP contribution in [0.4, 0.5) is 10.1 Å². The van der Waals surface area contributed by atoms with Gasteiger partial charge >= 0.3 is 0 Å². The van der Waals surface area contributed by atoms with Crippen LogP contribution in [0.1, 0.15) is 11.5 Å². The molecule has 0 radical (unpaired) electrons. The van der Waals surface area contributed by atoms with Gasteiger partial charge in [0.05, 0.1) is 5.69 Å². The SMILES string of the molecule is CN1C(=O)C(C=O)c2ccc(F)cc21. The predicted octanol–water partition coefficient (Wildman–Crippen LogP) is 1.08. The molecule has 3 nitrogen and oxygen atoms in total. The molecule has 0 saturated carbocycles. The quantitative estimate of drug-likeness (QED) is 0.494. The average molecular weight is 193 g/mol. The molecule has 0 fully saturated rings. The molecule has 1 atom stereocenters. The first-order chi connectivity index (χ1) is 6.65. The van der Waals surface area contributed by atoms with Crippen molar-refractivity contribution < 1.29 is 14.0 Å². The normalized spacial score (nSPS) is 19.7. The molecule has 2 rings (SSSR count). The van der Waals surface area contributed by atoms with Crippen molar-refractivity contribution in [1.29, 1.82) is 0 Å². The molecular formula is C10H8FNO2. The lowest BCUT2D eigenvalue weighted by Gasteiger charge is -2.08. The van der Waals surface area contributed by atoms with E-state index >= 15 is 0 Å². The summed E-state index contributed by atoms with van der Waals surface area (Å²) in [6.45, 7) is 0. The molecule has 0 aliphatic carbocycles. The number of rotatable bonds is 1. The molecule has 0 bridgehead atoms. The smallest absolute Gasteiger partial charge is 0.241 e. The van der Waals surface area contributed by atoms with E-state index in [1.54, 1.807) is 0 Å². The number of amides is 1. The number of likely N-dealkylation sites (N-methyl/N-ethyl adjacent to an activating group) is 1. The maximum Gasteiger partial charge on any atom is 0.241 e. The molecule has 0 N–H and O–H groups in total. The number of fused-ring (bicyclic) bond motifs is 1. The number of benzene rings is 1. The van der Waals surface area contributed by atoms with Crippen LogP contribution in [0.25, 0.3) is 0 Å². The summed E-state index contributed by atoms with van der Waals surface area (Å²) in [6, 6.07) is 3.99. The van der Waals surface area contributed by atoms with Crippen LogP contribution >= 0.6 is 0 Å². The minimum Gasteiger partial charge on any atom is -0.314 e. The first-order valence-electron chi connectivity index (χ1n) is 4.17. The van der Waals surface area contributed by atoms with E-state index in [2.05, 4.69) is 0 Å². The molecular weight excluding hydrogens is 185 g/mol. The Bertz CT molecular complexity index is 417. The number of aldehydes is 1. The van der Waals surface area contributed by atoms with Crippen molar-refractivity contribution in [3.05, 3.63) is 29.6 Å². The van der Waals surface area contributed by atoms with E-state index in [4.69, 9.17) is 0 Å². The van der Waals surface area contributed by atoms with Crippen LogP contribution in [0.15, 0.2) is 18.2 Å². The second-order valence-corrected chi connectivity index (χ2v) is 3.21. The fourth-order valence-electron chi connectivity index (χ4n) is 1.66. The van der Waals surface area contributed by atoms with Gasteiger partial charge in [0.2, 0.25) is 5.91 Å². The summed E-state index contributed by atoms with van der Waals surface area (Å²) < 4.78 is 12.9. The first-order valence-corrected chi connectivity index (χ1v) is 4.17. The lowest BCUT2D eigenvalue weighted by molar-refractivity contribution is -0.122. The van der Waals surface area contributed by atoms with Crippen LogP contribution < -0.4 is 4.90 Å². The highest BCUT2D eigenvalue weighted by Crippen LogP contribution is 2.35. The minimum atomic E-state index is -0.768. The lowest BCUT2D eigenvalue weighted by atomic mass is 10.0. The number of hydrogen-bond donors (Lipinski definition) is 0. The average Bonchev–Trinajstić information content (AvgIpc) is 2.41. The van der Waals surface area contributed by atoms with E-state index in [1.165, 1.54) is 30.1 Å². The van der Waals surface area contributed by atoms with Gasteiger partial charge in [0, 0.05) is 7.05 Å². The summed E-state index contributed by atoms with van der Waals surface area (Å²) in [5.41, 5.74) is 1.06. The van der Waals surface area contributed by atoms with Crippen LogP contribution in [-0.4, -0.2) is 19.2 Å². The van der Waals surface area contributed by atoms with Gasteiger partial charge in [0.1, 0.15) is 18.0 Å². The zero-order valence-electron chi connectivity index (χ0n) is 7.53.